The van der Waals surface area contributed by atoms with Crippen LogP contribution < -0.4 is 0 Å². The van der Waals surface area contributed by atoms with E-state index >= 15 is 0 Å². The lowest BCUT2D eigenvalue weighted by Crippen LogP contribution is -2.36. The predicted molar refractivity (Wildman–Crippen MR) is 102 cm³/mol. The minimum atomic E-state index is -0.573. The first kappa shape index (κ1) is 20.7. The first-order valence-electron chi connectivity index (χ1n) is 8.75. The topological polar surface area (TPSA) is 65.0 Å². The molecule has 0 saturated heterocycles. The largest absolute Gasteiger partial charge is 0.457 e. The Morgan fingerprint density at radius 2 is 2.12 bits per heavy atom. The summed E-state index contributed by atoms with van der Waals surface area (Å²) in [7, 11) is 0. The summed E-state index contributed by atoms with van der Waals surface area (Å²) in [6.45, 7) is 6.11. The van der Waals surface area contributed by atoms with Crippen molar-refractivity contribution in [3.05, 3.63) is 58.8 Å². The molecular formula is C20H25BrO5. The van der Waals surface area contributed by atoms with Gasteiger partial charge in [-0.3, -0.25) is 0 Å². The Morgan fingerprint density at radius 3 is 2.73 bits per heavy atom. The highest BCUT2D eigenvalue weighted by molar-refractivity contribution is 9.10. The molecule has 0 spiro atoms. The van der Waals surface area contributed by atoms with Crippen LogP contribution in [0, 0.1) is 5.92 Å². The van der Waals surface area contributed by atoms with Gasteiger partial charge in [-0.1, -0.05) is 40.7 Å². The molecule has 0 aromatic heterocycles. The second-order valence-electron chi connectivity index (χ2n) is 5.97. The summed E-state index contributed by atoms with van der Waals surface area (Å²) in [5.41, 5.74) is 1.05. The number of carbonyl (C=O) groups excluding carboxylic acids is 1. The van der Waals surface area contributed by atoms with Gasteiger partial charge >= 0.3 is 5.97 Å². The molecule has 2 rings (SSSR count). The van der Waals surface area contributed by atoms with Crippen molar-refractivity contribution >= 4 is 21.9 Å². The summed E-state index contributed by atoms with van der Waals surface area (Å²) in [5, 5.41) is 9.26. The van der Waals surface area contributed by atoms with Crippen LogP contribution in [0.2, 0.25) is 0 Å². The average Bonchev–Trinajstić information content (AvgIpc) is 2.65. The lowest BCUT2D eigenvalue weighted by atomic mass is 9.80. The van der Waals surface area contributed by atoms with Gasteiger partial charge in [-0.2, -0.15) is 0 Å². The van der Waals surface area contributed by atoms with Crippen molar-refractivity contribution in [3.63, 3.8) is 0 Å². The van der Waals surface area contributed by atoms with E-state index in [2.05, 4.69) is 22.5 Å². The van der Waals surface area contributed by atoms with Crippen molar-refractivity contribution in [2.24, 2.45) is 5.92 Å². The van der Waals surface area contributed by atoms with Gasteiger partial charge in [0.25, 0.3) is 0 Å². The maximum atomic E-state index is 12.3. The maximum Gasteiger partial charge on any atom is 0.373 e. The quantitative estimate of drug-likeness (QED) is 0.480. The van der Waals surface area contributed by atoms with Gasteiger partial charge in [-0.15, -0.1) is 0 Å². The molecule has 0 fully saturated rings. The van der Waals surface area contributed by atoms with Gasteiger partial charge in [0.05, 0.1) is 0 Å². The Kier molecular flexibility index (Phi) is 8.35. The number of esters is 1. The molecule has 1 N–H and O–H groups in total. The number of hydrogen-bond donors (Lipinski definition) is 1. The van der Waals surface area contributed by atoms with E-state index < -0.39 is 12.3 Å². The first-order valence-corrected chi connectivity index (χ1v) is 9.54. The molecule has 0 radical (unpaired) electrons. The van der Waals surface area contributed by atoms with Crippen LogP contribution in [0.15, 0.2) is 53.2 Å². The van der Waals surface area contributed by atoms with Crippen LogP contribution in [0.5, 0.6) is 0 Å². The summed E-state index contributed by atoms with van der Waals surface area (Å²) in [6, 6.07) is 7.96. The summed E-state index contributed by atoms with van der Waals surface area (Å²) in [5.74, 6) is -0.471. The number of allylic oxidation sites excluding steroid dienone is 1. The van der Waals surface area contributed by atoms with Crippen molar-refractivity contribution in [1.29, 1.82) is 0 Å². The van der Waals surface area contributed by atoms with Crippen molar-refractivity contribution in [2.75, 3.05) is 19.8 Å². The van der Waals surface area contributed by atoms with Crippen LogP contribution in [0.3, 0.4) is 0 Å². The van der Waals surface area contributed by atoms with Gasteiger partial charge in [0.15, 0.2) is 0 Å². The molecule has 5 nitrogen and oxygen atoms in total. The maximum absolute atomic E-state index is 12.3. The van der Waals surface area contributed by atoms with E-state index in [1.165, 1.54) is 6.08 Å². The minimum Gasteiger partial charge on any atom is -0.457 e. The molecule has 3 atom stereocenters. The Labute approximate surface area is 162 Å². The van der Waals surface area contributed by atoms with Crippen molar-refractivity contribution in [3.8, 4) is 0 Å². The third-order valence-electron chi connectivity index (χ3n) is 4.20. The normalized spacial score (nSPS) is 22.3. The van der Waals surface area contributed by atoms with E-state index in [1.54, 1.807) is 6.08 Å². The van der Waals surface area contributed by atoms with Gasteiger partial charge in [-0.05, 0) is 43.5 Å². The van der Waals surface area contributed by atoms with E-state index in [1.807, 2.05) is 31.2 Å². The molecular weight excluding hydrogens is 400 g/mol. The summed E-state index contributed by atoms with van der Waals surface area (Å²) in [6.07, 6.45) is 4.09. The predicted octanol–water partition coefficient (Wildman–Crippen LogP) is 3.93. The Hall–Kier alpha value is -1.63. The van der Waals surface area contributed by atoms with Crippen LogP contribution in [0.1, 0.15) is 31.2 Å². The third kappa shape index (κ3) is 5.43. The summed E-state index contributed by atoms with van der Waals surface area (Å²) in [4.78, 5) is 12.3. The van der Waals surface area contributed by atoms with E-state index in [4.69, 9.17) is 14.2 Å². The zero-order valence-electron chi connectivity index (χ0n) is 14.9. The van der Waals surface area contributed by atoms with Crippen molar-refractivity contribution in [2.45, 2.75) is 32.0 Å². The Morgan fingerprint density at radius 1 is 1.38 bits per heavy atom. The fourth-order valence-electron chi connectivity index (χ4n) is 3.02. The standard InChI is InChI=1S/C20H25BrO5/c1-3-12-25-19(23)18-13-17(14-7-9-15(21)10-8-14)16(6-5-11-22)20(26-18)24-4-2/h3,7-10,13,16-17,20,22H,1,4-6,11-12H2,2H3/t16-,17-,20-/m0/s1. The fourth-order valence-corrected chi connectivity index (χ4v) is 3.29. The molecule has 1 aromatic carbocycles. The highest BCUT2D eigenvalue weighted by Crippen LogP contribution is 2.39. The van der Waals surface area contributed by atoms with Gasteiger partial charge in [0.1, 0.15) is 6.61 Å². The Bertz CT molecular complexity index is 626. The van der Waals surface area contributed by atoms with Gasteiger partial charge < -0.3 is 19.3 Å². The lowest BCUT2D eigenvalue weighted by molar-refractivity contribution is -0.175. The number of rotatable bonds is 9. The number of carbonyl (C=O) groups is 1. The zero-order valence-corrected chi connectivity index (χ0v) is 16.5. The number of halogens is 1. The fraction of sp³-hybridized carbons (Fsp3) is 0.450. The molecule has 0 saturated carbocycles. The third-order valence-corrected chi connectivity index (χ3v) is 4.73. The molecule has 1 aliphatic heterocycles. The van der Waals surface area contributed by atoms with Crippen LogP contribution in [0.4, 0.5) is 0 Å². The highest BCUT2D eigenvalue weighted by atomic mass is 79.9. The van der Waals surface area contributed by atoms with E-state index in [-0.39, 0.29) is 30.8 Å². The SMILES string of the molecule is C=CCOC(=O)C1=C[C@@H](c2ccc(Br)cc2)[C@H](CCCO)[C@@H](OCC)O1. The molecule has 0 bridgehead atoms. The van der Waals surface area contributed by atoms with E-state index in [9.17, 15) is 9.90 Å². The second kappa shape index (κ2) is 10.5. The van der Waals surface area contributed by atoms with Gasteiger partial charge in [0.2, 0.25) is 12.0 Å². The van der Waals surface area contributed by atoms with Crippen LogP contribution >= 0.6 is 15.9 Å². The average molecular weight is 425 g/mol. The number of benzene rings is 1. The van der Waals surface area contributed by atoms with Gasteiger partial charge in [-0.25, -0.2) is 4.79 Å². The number of ether oxygens (including phenoxy) is 3. The molecule has 0 unspecified atom stereocenters. The Balaban J connectivity index is 2.36. The second-order valence-corrected chi connectivity index (χ2v) is 6.88. The zero-order chi connectivity index (χ0) is 18.9. The molecule has 1 heterocycles. The molecule has 26 heavy (non-hydrogen) atoms. The molecule has 1 aromatic rings. The minimum absolute atomic E-state index is 0.0146. The molecule has 1 aliphatic rings. The van der Waals surface area contributed by atoms with Crippen LogP contribution in [-0.4, -0.2) is 37.2 Å². The summed E-state index contributed by atoms with van der Waals surface area (Å²) < 4.78 is 17.7. The number of aliphatic hydroxyl groups is 1. The van der Waals surface area contributed by atoms with Gasteiger partial charge in [0, 0.05) is 29.5 Å². The van der Waals surface area contributed by atoms with E-state index in [0.717, 1.165) is 10.0 Å². The summed E-state index contributed by atoms with van der Waals surface area (Å²) >= 11 is 3.45. The lowest BCUT2D eigenvalue weighted by Gasteiger charge is -2.36. The molecule has 6 heteroatoms. The number of aliphatic hydroxyl groups excluding tert-OH is 1. The smallest absolute Gasteiger partial charge is 0.373 e. The highest BCUT2D eigenvalue weighted by Gasteiger charge is 2.38. The van der Waals surface area contributed by atoms with Crippen molar-refractivity contribution < 1.29 is 24.1 Å². The molecule has 0 aliphatic carbocycles. The monoisotopic (exact) mass is 424 g/mol. The van der Waals surface area contributed by atoms with E-state index in [0.29, 0.717) is 19.4 Å². The number of hydrogen-bond acceptors (Lipinski definition) is 5. The molecule has 142 valence electrons. The van der Waals surface area contributed by atoms with Crippen LogP contribution in [-0.2, 0) is 19.0 Å². The van der Waals surface area contributed by atoms with Crippen molar-refractivity contribution in [1.82, 2.24) is 0 Å². The van der Waals surface area contributed by atoms with Crippen LogP contribution in [0.25, 0.3) is 0 Å². The first-order chi connectivity index (χ1) is 12.6. The molecule has 0 amide bonds.